The highest BCUT2D eigenvalue weighted by molar-refractivity contribution is 6.35. The summed E-state index contributed by atoms with van der Waals surface area (Å²) >= 11 is 0. The van der Waals surface area contributed by atoms with Gasteiger partial charge in [0.05, 0.1) is 12.4 Å². The van der Waals surface area contributed by atoms with Gasteiger partial charge < -0.3 is 9.47 Å². The molecule has 2 heterocycles. The lowest BCUT2D eigenvalue weighted by Gasteiger charge is -2.23. The van der Waals surface area contributed by atoms with E-state index >= 15 is 0 Å². The monoisotopic (exact) mass is 690 g/mol. The summed E-state index contributed by atoms with van der Waals surface area (Å²) in [7, 11) is 4.54. The third-order valence-electron chi connectivity index (χ3n) is 10.4. The average Bonchev–Trinajstić information content (AvgIpc) is 3.77. The molecule has 0 atom stereocenters. The first-order valence-electron chi connectivity index (χ1n) is 18.5. The van der Waals surface area contributed by atoms with Crippen molar-refractivity contribution in [2.45, 2.75) is 93.5 Å². The van der Waals surface area contributed by atoms with Crippen LogP contribution in [0.1, 0.15) is 92.0 Å². The van der Waals surface area contributed by atoms with Gasteiger partial charge in [-0.3, -0.25) is 9.36 Å². The Labute approximate surface area is 309 Å². The lowest BCUT2D eigenvalue weighted by atomic mass is 9.78. The molecule has 1 aliphatic carbocycles. The fraction of sp³-hybridized carbons (Fsp3) is 0.333. The first kappa shape index (κ1) is 35.3. The Morgan fingerprint density at radius 1 is 0.500 bits per heavy atom. The molecular weight excluding hydrogens is 642 g/mol. The first-order chi connectivity index (χ1) is 25.1. The maximum atomic E-state index is 6.79. The molecule has 7 rings (SSSR count). The highest BCUT2D eigenvalue weighted by Gasteiger charge is 2.21. The van der Waals surface area contributed by atoms with Crippen LogP contribution in [0.2, 0.25) is 0 Å². The Bertz CT molecular complexity index is 2020. The molecule has 4 aromatic carbocycles. The fourth-order valence-electron chi connectivity index (χ4n) is 7.75. The zero-order chi connectivity index (χ0) is 36.5. The van der Waals surface area contributed by atoms with Crippen molar-refractivity contribution >= 4 is 26.6 Å². The summed E-state index contributed by atoms with van der Waals surface area (Å²) in [6.07, 6.45) is 7.00. The molecule has 2 aromatic heterocycles. The van der Waals surface area contributed by atoms with Gasteiger partial charge >= 0.3 is 0 Å². The van der Waals surface area contributed by atoms with E-state index in [2.05, 4.69) is 126 Å². The highest BCUT2D eigenvalue weighted by atomic mass is 16.5. The number of aromatic nitrogens is 6. The predicted molar refractivity (Wildman–Crippen MR) is 212 cm³/mol. The van der Waals surface area contributed by atoms with E-state index in [1.54, 1.807) is 0 Å². The Morgan fingerprint density at radius 3 is 1.06 bits per heavy atom. The third kappa shape index (κ3) is 7.57. The van der Waals surface area contributed by atoms with Crippen LogP contribution in [0.5, 0.6) is 11.5 Å². The van der Waals surface area contributed by atoms with Crippen LogP contribution in [0.15, 0.2) is 60.9 Å². The fourth-order valence-corrected chi connectivity index (χ4v) is 7.75. The topological polar surface area (TPSA) is 79.9 Å². The van der Waals surface area contributed by atoms with Gasteiger partial charge in [0.25, 0.3) is 0 Å². The van der Waals surface area contributed by atoms with Gasteiger partial charge in [0.1, 0.15) is 51.8 Å². The van der Waals surface area contributed by atoms with Crippen molar-refractivity contribution in [2.24, 2.45) is 0 Å². The molecule has 8 bridgehead atoms. The van der Waals surface area contributed by atoms with E-state index < -0.39 is 0 Å². The molecule has 52 heavy (non-hydrogen) atoms. The molecule has 0 N–H and O–H groups in total. The van der Waals surface area contributed by atoms with Gasteiger partial charge in [-0.05, 0) is 86.1 Å². The van der Waals surface area contributed by atoms with Gasteiger partial charge in [-0.1, -0.05) is 92.1 Å². The minimum Gasteiger partial charge on any atom is -0.487 e. The summed E-state index contributed by atoms with van der Waals surface area (Å²) in [5, 5.41) is 17.3. The Kier molecular flexibility index (Phi) is 10.1. The molecule has 0 saturated heterocycles. The van der Waals surface area contributed by atoms with Gasteiger partial charge in [0, 0.05) is 38.8 Å². The molecule has 8 nitrogen and oxygen atoms in total. The Morgan fingerprint density at radius 2 is 0.788 bits per heavy atom. The second-order valence-corrected chi connectivity index (χ2v) is 14.7. The van der Waals surface area contributed by atoms with Crippen LogP contribution < -0.4 is 20.4 Å². The van der Waals surface area contributed by atoms with E-state index in [9.17, 15) is 0 Å². The molecule has 0 amide bonds. The Balaban J connectivity index is 1.39. The highest BCUT2D eigenvalue weighted by Crippen LogP contribution is 2.34. The molecule has 1 aliphatic rings. The minimum atomic E-state index is 0.366. The number of hydrogen-bond donors (Lipinski definition) is 0. The summed E-state index contributed by atoms with van der Waals surface area (Å²) in [6.45, 7) is 15.2. The zero-order valence-electron chi connectivity index (χ0n) is 31.9. The smallest absolute Gasteiger partial charge is 0.140 e. The predicted octanol–water partition coefficient (Wildman–Crippen LogP) is 4.49. The summed E-state index contributed by atoms with van der Waals surface area (Å²) in [4.78, 5) is 0. The molecule has 0 fully saturated rings. The van der Waals surface area contributed by atoms with E-state index in [1.165, 1.54) is 77.7 Å². The van der Waals surface area contributed by atoms with Crippen LogP contribution >= 0.6 is 0 Å². The zero-order valence-corrected chi connectivity index (χ0v) is 31.9. The van der Waals surface area contributed by atoms with Crippen LogP contribution in [0.3, 0.4) is 0 Å². The lowest BCUT2D eigenvalue weighted by molar-refractivity contribution is 0.295. The van der Waals surface area contributed by atoms with E-state index in [4.69, 9.17) is 9.47 Å². The van der Waals surface area contributed by atoms with Crippen LogP contribution in [-0.4, -0.2) is 45.7 Å². The molecule has 264 valence electrons. The number of rotatable bonds is 8. The van der Waals surface area contributed by atoms with Gasteiger partial charge in [0.15, 0.2) is 0 Å². The number of aryl methyl sites for hydroxylation is 6. The number of ether oxygens (including phenoxy) is 2. The van der Waals surface area contributed by atoms with Gasteiger partial charge in [-0.15, -0.1) is 10.2 Å². The van der Waals surface area contributed by atoms with Crippen molar-refractivity contribution in [3.63, 3.8) is 0 Å². The van der Waals surface area contributed by atoms with Crippen LogP contribution in [0.25, 0.3) is 0 Å². The average molecular weight is 691 g/mol. The van der Waals surface area contributed by atoms with E-state index in [0.717, 1.165) is 61.7 Å². The minimum absolute atomic E-state index is 0.366. The SMILES string of the molecule is Bc1c2cc(C)cc1Cc1cc(C)cc(c1OCc1cn(CC)nn1)Cc1cc(C)cc(c1B)Cc1cc(C)cc(c1OCc1cn(CC)nn1)C2. The van der Waals surface area contributed by atoms with Crippen molar-refractivity contribution in [1.29, 1.82) is 0 Å². The molecule has 0 radical (unpaired) electrons. The quantitative estimate of drug-likeness (QED) is 0.219. The maximum Gasteiger partial charge on any atom is 0.140 e. The van der Waals surface area contributed by atoms with E-state index in [1.807, 2.05) is 21.8 Å². The molecular formula is C42H48B2N6O2. The first-order valence-corrected chi connectivity index (χ1v) is 18.5. The summed E-state index contributed by atoms with van der Waals surface area (Å²) < 4.78 is 17.3. The number of fused-ring (bicyclic) bond motifs is 8. The molecule has 0 unspecified atom stereocenters. The van der Waals surface area contributed by atoms with Crippen LogP contribution in [0, 0.1) is 27.7 Å². The normalized spacial score (nSPS) is 12.6. The van der Waals surface area contributed by atoms with Gasteiger partial charge in [0.2, 0.25) is 0 Å². The number of benzene rings is 4. The molecule has 0 spiro atoms. The van der Waals surface area contributed by atoms with Crippen LogP contribution in [-0.2, 0) is 52.0 Å². The van der Waals surface area contributed by atoms with E-state index in [-0.39, 0.29) is 0 Å². The summed E-state index contributed by atoms with van der Waals surface area (Å²) in [5.74, 6) is 1.90. The van der Waals surface area contributed by atoms with Crippen molar-refractivity contribution < 1.29 is 9.47 Å². The molecule has 0 saturated carbocycles. The summed E-state index contributed by atoms with van der Waals surface area (Å²) in [6, 6.07) is 18.6. The van der Waals surface area contributed by atoms with E-state index in [0.29, 0.717) is 13.2 Å². The maximum absolute atomic E-state index is 6.79. The molecule has 6 aromatic rings. The van der Waals surface area contributed by atoms with Crippen molar-refractivity contribution in [3.05, 3.63) is 139 Å². The summed E-state index contributed by atoms with van der Waals surface area (Å²) in [5.41, 5.74) is 19.2. The van der Waals surface area contributed by atoms with Crippen molar-refractivity contribution in [3.8, 4) is 11.5 Å². The lowest BCUT2D eigenvalue weighted by Crippen LogP contribution is -2.21. The molecule has 10 heteroatoms. The largest absolute Gasteiger partial charge is 0.487 e. The second-order valence-electron chi connectivity index (χ2n) is 14.7. The third-order valence-corrected chi connectivity index (χ3v) is 10.4. The Hall–Kier alpha value is -5.11. The van der Waals surface area contributed by atoms with Gasteiger partial charge in [-0.2, -0.15) is 0 Å². The van der Waals surface area contributed by atoms with Crippen molar-refractivity contribution in [1.82, 2.24) is 30.0 Å². The van der Waals surface area contributed by atoms with Gasteiger partial charge in [-0.25, -0.2) is 0 Å². The van der Waals surface area contributed by atoms with Crippen LogP contribution in [0.4, 0.5) is 0 Å². The van der Waals surface area contributed by atoms with Crippen molar-refractivity contribution in [2.75, 3.05) is 0 Å². The standard InChI is InChI=1S/C42H48B2N6O2/c1-7-49-21-37(45-47-49)23-51-41-33-13-27(5)14-34(41)18-30-10-26(4)12-32(40(30)44)20-36-16-28(6)15-35(19-31-11-25(3)9-29(17-33)39(31)43)42(36)52-24-38-22-50(8-2)48-46-38/h9-16,21-22H,7-8,17-20,23-24,43-44H2,1-6H3. The second kappa shape index (κ2) is 14.9. The number of hydrogen-bond acceptors (Lipinski definition) is 6. The number of nitrogens with zero attached hydrogens (tertiary/aromatic N) is 6. The molecule has 0 aliphatic heterocycles.